The van der Waals surface area contributed by atoms with E-state index in [0.29, 0.717) is 17.8 Å². The average molecular weight is 370 g/mol. The van der Waals surface area contributed by atoms with E-state index >= 15 is 0 Å². The predicted molar refractivity (Wildman–Crippen MR) is 88.6 cm³/mol. The number of halogens is 1. The van der Waals surface area contributed by atoms with Gasteiger partial charge in [0.1, 0.15) is 0 Å². The van der Waals surface area contributed by atoms with Crippen molar-refractivity contribution in [1.29, 1.82) is 0 Å². The van der Waals surface area contributed by atoms with Gasteiger partial charge in [-0.25, -0.2) is 0 Å². The molecule has 0 saturated heterocycles. The fourth-order valence-electron chi connectivity index (χ4n) is 2.92. The second-order valence-corrected chi connectivity index (χ2v) is 7.97. The van der Waals surface area contributed by atoms with Crippen molar-refractivity contribution < 1.29 is 4.52 Å². The maximum atomic E-state index is 5.57. The zero-order chi connectivity index (χ0) is 14.7. The zero-order valence-electron chi connectivity index (χ0n) is 12.1. The van der Waals surface area contributed by atoms with Crippen molar-refractivity contribution in [2.24, 2.45) is 0 Å². The van der Waals surface area contributed by atoms with Crippen molar-refractivity contribution in [3.8, 4) is 10.7 Å². The number of aromatic nitrogens is 2. The lowest BCUT2D eigenvalue weighted by atomic mass is 9.84. The third-order valence-corrected chi connectivity index (χ3v) is 5.59. The molecule has 0 aromatic carbocycles. The van der Waals surface area contributed by atoms with Crippen LogP contribution < -0.4 is 5.32 Å². The van der Waals surface area contributed by atoms with Crippen LogP contribution in [0.25, 0.3) is 10.7 Å². The van der Waals surface area contributed by atoms with Gasteiger partial charge in [-0.15, -0.1) is 11.3 Å². The van der Waals surface area contributed by atoms with Crippen LogP contribution >= 0.6 is 27.3 Å². The molecule has 21 heavy (non-hydrogen) atoms. The highest BCUT2D eigenvalue weighted by atomic mass is 79.9. The summed E-state index contributed by atoms with van der Waals surface area (Å²) in [5, 5.41) is 7.81. The lowest BCUT2D eigenvalue weighted by Crippen LogP contribution is -2.37. The molecule has 3 rings (SSSR count). The van der Waals surface area contributed by atoms with E-state index in [2.05, 4.69) is 38.3 Å². The molecular weight excluding hydrogens is 350 g/mol. The minimum atomic E-state index is 0.356. The average Bonchev–Trinajstić information content (AvgIpc) is 3.14. The molecule has 2 heterocycles. The van der Waals surface area contributed by atoms with Gasteiger partial charge in [-0.1, -0.05) is 24.9 Å². The maximum Gasteiger partial charge on any atom is 0.231 e. The Morgan fingerprint density at radius 3 is 3.00 bits per heavy atom. The van der Waals surface area contributed by atoms with Gasteiger partial charge < -0.3 is 9.84 Å². The van der Waals surface area contributed by atoms with Crippen LogP contribution in [0.5, 0.6) is 0 Å². The van der Waals surface area contributed by atoms with Crippen molar-refractivity contribution in [2.75, 3.05) is 6.54 Å². The van der Waals surface area contributed by atoms with Gasteiger partial charge in [0.25, 0.3) is 0 Å². The summed E-state index contributed by atoms with van der Waals surface area (Å²) in [4.78, 5) is 5.69. The Hall–Kier alpha value is -0.720. The van der Waals surface area contributed by atoms with Crippen molar-refractivity contribution in [2.45, 2.75) is 51.0 Å². The minimum Gasteiger partial charge on any atom is -0.339 e. The Bertz CT molecular complexity index is 583. The van der Waals surface area contributed by atoms with E-state index in [1.54, 1.807) is 11.3 Å². The van der Waals surface area contributed by atoms with E-state index in [4.69, 9.17) is 4.52 Å². The van der Waals surface area contributed by atoms with Crippen LogP contribution in [-0.2, 0) is 0 Å². The largest absolute Gasteiger partial charge is 0.339 e. The van der Waals surface area contributed by atoms with Crippen molar-refractivity contribution in [3.63, 3.8) is 0 Å². The summed E-state index contributed by atoms with van der Waals surface area (Å²) in [7, 11) is 0. The Balaban J connectivity index is 1.77. The molecule has 2 atom stereocenters. The van der Waals surface area contributed by atoms with Crippen LogP contribution in [0.15, 0.2) is 20.4 Å². The molecular formula is C15H20BrN3OS. The third-order valence-electron chi connectivity index (χ3n) is 3.98. The molecule has 1 N–H and O–H groups in total. The topological polar surface area (TPSA) is 51.0 Å². The van der Waals surface area contributed by atoms with Crippen molar-refractivity contribution in [3.05, 3.63) is 21.8 Å². The number of thiophene rings is 1. The predicted octanol–water partition coefficient (Wildman–Crippen LogP) is 4.59. The molecule has 4 nitrogen and oxygen atoms in total. The molecule has 2 unspecified atom stereocenters. The first-order chi connectivity index (χ1) is 10.3. The first-order valence-electron chi connectivity index (χ1n) is 7.60. The molecule has 0 bridgehead atoms. The van der Waals surface area contributed by atoms with E-state index < -0.39 is 0 Å². The third kappa shape index (κ3) is 3.55. The van der Waals surface area contributed by atoms with Crippen LogP contribution in [-0.4, -0.2) is 22.7 Å². The molecule has 0 radical (unpaired) electrons. The normalized spacial score (nSPS) is 22.6. The standard InChI is InChI=1S/C15H20BrN3OS/c1-2-9-17-11-6-4-3-5-10(11)15-18-14(19-20-15)12-7-8-13(16)21-12/h7-8,10-11,17H,2-6,9H2,1H3. The summed E-state index contributed by atoms with van der Waals surface area (Å²) < 4.78 is 6.66. The highest BCUT2D eigenvalue weighted by molar-refractivity contribution is 9.11. The van der Waals surface area contributed by atoms with E-state index in [-0.39, 0.29) is 0 Å². The van der Waals surface area contributed by atoms with Gasteiger partial charge in [-0.3, -0.25) is 0 Å². The van der Waals surface area contributed by atoms with Gasteiger partial charge in [0, 0.05) is 6.04 Å². The zero-order valence-corrected chi connectivity index (χ0v) is 14.5. The highest BCUT2D eigenvalue weighted by Crippen LogP contribution is 2.35. The molecule has 0 spiro atoms. The first kappa shape index (κ1) is 15.2. The summed E-state index contributed by atoms with van der Waals surface area (Å²) in [6.07, 6.45) is 6.03. The smallest absolute Gasteiger partial charge is 0.231 e. The molecule has 1 aliphatic rings. The number of rotatable bonds is 5. The Kier molecular flexibility index (Phi) is 5.08. The molecule has 0 amide bonds. The summed E-state index contributed by atoms with van der Waals surface area (Å²) in [5.74, 6) is 1.86. The molecule has 1 fully saturated rings. The summed E-state index contributed by atoms with van der Waals surface area (Å²) in [6.45, 7) is 3.25. The van der Waals surface area contributed by atoms with E-state index in [9.17, 15) is 0 Å². The van der Waals surface area contributed by atoms with Gasteiger partial charge >= 0.3 is 0 Å². The van der Waals surface area contributed by atoms with Crippen LogP contribution in [0.4, 0.5) is 0 Å². The van der Waals surface area contributed by atoms with Gasteiger partial charge in [0.05, 0.1) is 14.6 Å². The molecule has 2 aromatic rings. The minimum absolute atomic E-state index is 0.356. The Morgan fingerprint density at radius 2 is 2.24 bits per heavy atom. The molecule has 1 aliphatic carbocycles. The molecule has 1 saturated carbocycles. The number of nitrogens with zero attached hydrogens (tertiary/aromatic N) is 2. The summed E-state index contributed by atoms with van der Waals surface area (Å²) in [6, 6.07) is 4.52. The fraction of sp³-hybridized carbons (Fsp3) is 0.600. The van der Waals surface area contributed by atoms with Crippen LogP contribution in [0.2, 0.25) is 0 Å². The maximum absolute atomic E-state index is 5.57. The van der Waals surface area contributed by atoms with Gasteiger partial charge in [-0.05, 0) is 53.9 Å². The van der Waals surface area contributed by atoms with E-state index in [1.165, 1.54) is 19.3 Å². The number of hydrogen-bond donors (Lipinski definition) is 1. The number of hydrogen-bond acceptors (Lipinski definition) is 5. The molecule has 2 aromatic heterocycles. The first-order valence-corrected chi connectivity index (χ1v) is 9.21. The fourth-order valence-corrected chi connectivity index (χ4v) is 4.23. The molecule has 0 aliphatic heterocycles. The van der Waals surface area contributed by atoms with Crippen LogP contribution in [0.3, 0.4) is 0 Å². The molecule has 114 valence electrons. The van der Waals surface area contributed by atoms with Gasteiger partial charge in [0.15, 0.2) is 0 Å². The Morgan fingerprint density at radius 1 is 1.38 bits per heavy atom. The lowest BCUT2D eigenvalue weighted by Gasteiger charge is -2.29. The van der Waals surface area contributed by atoms with Gasteiger partial charge in [0.2, 0.25) is 11.7 Å². The van der Waals surface area contributed by atoms with Crippen LogP contribution in [0.1, 0.15) is 50.8 Å². The second kappa shape index (κ2) is 7.03. The Labute approximate surface area is 137 Å². The number of nitrogens with one attached hydrogen (secondary N) is 1. The highest BCUT2D eigenvalue weighted by Gasteiger charge is 2.30. The summed E-state index contributed by atoms with van der Waals surface area (Å²) in [5.41, 5.74) is 0. The quantitative estimate of drug-likeness (QED) is 0.837. The van der Waals surface area contributed by atoms with Crippen molar-refractivity contribution in [1.82, 2.24) is 15.5 Å². The molecule has 6 heteroatoms. The van der Waals surface area contributed by atoms with E-state index in [1.807, 2.05) is 12.1 Å². The van der Waals surface area contributed by atoms with E-state index in [0.717, 1.165) is 33.9 Å². The van der Waals surface area contributed by atoms with Crippen molar-refractivity contribution >= 4 is 27.3 Å². The summed E-state index contributed by atoms with van der Waals surface area (Å²) >= 11 is 5.10. The second-order valence-electron chi connectivity index (χ2n) is 5.51. The SMILES string of the molecule is CCCNC1CCCCC1c1nc(-c2ccc(Br)s2)no1. The monoisotopic (exact) mass is 369 g/mol. The van der Waals surface area contributed by atoms with Gasteiger partial charge in [-0.2, -0.15) is 4.98 Å². The van der Waals surface area contributed by atoms with Crippen LogP contribution in [0, 0.1) is 0 Å². The lowest BCUT2D eigenvalue weighted by molar-refractivity contribution is 0.263.